The van der Waals surface area contributed by atoms with Gasteiger partial charge in [-0.25, -0.2) is 0 Å². The first-order valence-corrected chi connectivity index (χ1v) is 7.81. The van der Waals surface area contributed by atoms with Crippen LogP contribution in [0.15, 0.2) is 65.8 Å². The monoisotopic (exact) mass is 334 g/mol. The number of H-pyrrole nitrogens is 1. The number of benzene rings is 2. The molecule has 25 heavy (non-hydrogen) atoms. The summed E-state index contributed by atoms with van der Waals surface area (Å²) in [4.78, 5) is 26.6. The summed E-state index contributed by atoms with van der Waals surface area (Å²) < 4.78 is 5.44. The van der Waals surface area contributed by atoms with Gasteiger partial charge < -0.3 is 15.0 Å². The van der Waals surface area contributed by atoms with E-state index in [1.165, 1.54) is 7.05 Å². The molecule has 5 nitrogen and oxygen atoms in total. The molecular formula is C20H18N2O3. The molecule has 1 heterocycles. The van der Waals surface area contributed by atoms with E-state index in [2.05, 4.69) is 16.9 Å². The number of rotatable bonds is 4. The molecule has 0 unspecified atom stereocenters. The van der Waals surface area contributed by atoms with Gasteiger partial charge in [-0.15, -0.1) is 0 Å². The molecule has 0 radical (unpaired) electrons. The number of aromatic amines is 1. The minimum Gasteiger partial charge on any atom is -0.452 e. The first-order valence-electron chi connectivity index (χ1n) is 7.81. The molecule has 1 aromatic heterocycles. The molecule has 0 spiro atoms. The first kappa shape index (κ1) is 16.5. The van der Waals surface area contributed by atoms with E-state index in [0.29, 0.717) is 11.1 Å². The fourth-order valence-electron chi connectivity index (χ4n) is 2.73. The number of hydrogen-bond donors (Lipinski definition) is 2. The molecule has 0 fully saturated rings. The summed E-state index contributed by atoms with van der Waals surface area (Å²) in [7, 11) is 1.50. The van der Waals surface area contributed by atoms with Crippen molar-refractivity contribution in [2.24, 2.45) is 0 Å². The van der Waals surface area contributed by atoms with Crippen molar-refractivity contribution in [1.82, 2.24) is 10.3 Å². The fraction of sp³-hybridized carbons (Fsp3) is 0.100. The van der Waals surface area contributed by atoms with Gasteiger partial charge in [-0.3, -0.25) is 9.59 Å². The number of carbonyl (C=O) groups is 1. The van der Waals surface area contributed by atoms with Gasteiger partial charge in [-0.2, -0.15) is 0 Å². The van der Waals surface area contributed by atoms with Crippen LogP contribution >= 0.6 is 0 Å². The van der Waals surface area contributed by atoms with Crippen LogP contribution in [0.1, 0.15) is 5.56 Å². The maximum Gasteiger partial charge on any atom is 0.286 e. The maximum absolute atomic E-state index is 12.3. The topological polar surface area (TPSA) is 71.2 Å². The standard InChI is InChI=1S/C20H18N2O3/c1-12-6-4-5-7-15(12)18-11-22-20(24)17-10-14(8-9-16(17)18)25-13(2)19(23)21-3/h4-11H,2H2,1,3H3,(H,21,23)(H,22,24). The van der Waals surface area contributed by atoms with Gasteiger partial charge >= 0.3 is 0 Å². The van der Waals surface area contributed by atoms with Crippen molar-refractivity contribution in [1.29, 1.82) is 0 Å². The van der Waals surface area contributed by atoms with Gasteiger partial charge in [0.25, 0.3) is 11.5 Å². The Bertz CT molecular complexity index is 1030. The Morgan fingerprint density at radius 2 is 1.88 bits per heavy atom. The molecule has 2 aromatic carbocycles. The van der Waals surface area contributed by atoms with Crippen LogP contribution in [0.2, 0.25) is 0 Å². The van der Waals surface area contributed by atoms with Crippen molar-refractivity contribution in [3.05, 3.63) is 76.9 Å². The second kappa shape index (κ2) is 6.65. The highest BCUT2D eigenvalue weighted by molar-refractivity contribution is 5.97. The molecule has 2 N–H and O–H groups in total. The van der Waals surface area contributed by atoms with Crippen molar-refractivity contribution < 1.29 is 9.53 Å². The lowest BCUT2D eigenvalue weighted by atomic mass is 9.97. The quantitative estimate of drug-likeness (QED) is 0.569. The lowest BCUT2D eigenvalue weighted by molar-refractivity contribution is -0.119. The number of aromatic nitrogens is 1. The van der Waals surface area contributed by atoms with Crippen LogP contribution in [0.5, 0.6) is 5.75 Å². The fourth-order valence-corrected chi connectivity index (χ4v) is 2.73. The van der Waals surface area contributed by atoms with Crippen LogP contribution in [0.4, 0.5) is 0 Å². The third-order valence-corrected chi connectivity index (χ3v) is 4.03. The smallest absolute Gasteiger partial charge is 0.286 e. The van der Waals surface area contributed by atoms with Crippen molar-refractivity contribution in [2.75, 3.05) is 7.05 Å². The minimum absolute atomic E-state index is 0.0339. The number of carbonyl (C=O) groups excluding carboxylic acids is 1. The van der Waals surface area contributed by atoms with Crippen LogP contribution in [0.25, 0.3) is 21.9 Å². The summed E-state index contributed by atoms with van der Waals surface area (Å²) in [5.41, 5.74) is 2.88. The van der Waals surface area contributed by atoms with Crippen molar-refractivity contribution in [3.8, 4) is 16.9 Å². The maximum atomic E-state index is 12.3. The zero-order valence-electron chi connectivity index (χ0n) is 14.1. The molecule has 1 amide bonds. The minimum atomic E-state index is -0.414. The van der Waals surface area contributed by atoms with E-state index in [-0.39, 0.29) is 11.3 Å². The van der Waals surface area contributed by atoms with Crippen molar-refractivity contribution in [3.63, 3.8) is 0 Å². The van der Waals surface area contributed by atoms with E-state index in [1.54, 1.807) is 18.3 Å². The average molecular weight is 334 g/mol. The van der Waals surface area contributed by atoms with Crippen LogP contribution in [0.3, 0.4) is 0 Å². The van der Waals surface area contributed by atoms with Crippen LogP contribution in [0, 0.1) is 6.92 Å². The summed E-state index contributed by atoms with van der Waals surface area (Å²) in [5.74, 6) is -0.0652. The van der Waals surface area contributed by atoms with Gasteiger partial charge in [-0.05, 0) is 41.6 Å². The number of nitrogens with one attached hydrogen (secondary N) is 2. The SMILES string of the molecule is C=C(Oc1ccc2c(-c3ccccc3C)c[nH]c(=O)c2c1)C(=O)NC. The number of aryl methyl sites for hydroxylation is 1. The van der Waals surface area contributed by atoms with Crippen molar-refractivity contribution >= 4 is 16.7 Å². The zero-order valence-corrected chi connectivity index (χ0v) is 14.1. The molecule has 0 bridgehead atoms. The predicted octanol–water partition coefficient (Wildman–Crippen LogP) is 3.14. The number of likely N-dealkylation sites (N-methyl/N-ethyl adjacent to an activating group) is 1. The summed E-state index contributed by atoms with van der Waals surface area (Å²) in [6.45, 7) is 5.60. The van der Waals surface area contributed by atoms with E-state index in [0.717, 1.165) is 22.1 Å². The summed E-state index contributed by atoms with van der Waals surface area (Å²) in [5, 5.41) is 3.74. The van der Waals surface area contributed by atoms with Gasteiger partial charge in [0.15, 0.2) is 5.76 Å². The van der Waals surface area contributed by atoms with Crippen LogP contribution in [-0.4, -0.2) is 17.9 Å². The normalized spacial score (nSPS) is 10.5. The van der Waals surface area contributed by atoms with E-state index >= 15 is 0 Å². The third kappa shape index (κ3) is 3.17. The third-order valence-electron chi connectivity index (χ3n) is 4.03. The van der Waals surface area contributed by atoms with E-state index in [9.17, 15) is 9.59 Å². The highest BCUT2D eigenvalue weighted by Crippen LogP contribution is 2.30. The second-order valence-electron chi connectivity index (χ2n) is 5.66. The Labute approximate surface area is 145 Å². The Morgan fingerprint density at radius 3 is 2.60 bits per heavy atom. The average Bonchev–Trinajstić information content (AvgIpc) is 2.62. The highest BCUT2D eigenvalue weighted by Gasteiger charge is 2.12. The zero-order chi connectivity index (χ0) is 18.0. The molecule has 3 rings (SSSR count). The van der Waals surface area contributed by atoms with Gasteiger partial charge in [0.1, 0.15) is 5.75 Å². The van der Waals surface area contributed by atoms with E-state index in [1.807, 2.05) is 37.3 Å². The van der Waals surface area contributed by atoms with E-state index in [4.69, 9.17) is 4.74 Å². The Hall–Kier alpha value is -3.34. The van der Waals surface area contributed by atoms with Gasteiger partial charge in [0, 0.05) is 18.8 Å². The molecule has 0 saturated heterocycles. The lowest BCUT2D eigenvalue weighted by Crippen LogP contribution is -2.22. The molecule has 0 atom stereocenters. The summed E-state index contributed by atoms with van der Waals surface area (Å²) in [6.07, 6.45) is 1.72. The predicted molar refractivity (Wildman–Crippen MR) is 98.6 cm³/mol. The number of pyridine rings is 1. The van der Waals surface area contributed by atoms with Gasteiger partial charge in [-0.1, -0.05) is 30.8 Å². The van der Waals surface area contributed by atoms with E-state index < -0.39 is 5.91 Å². The molecule has 0 aliphatic carbocycles. The molecule has 0 aliphatic heterocycles. The van der Waals surface area contributed by atoms with Gasteiger partial charge in [0.2, 0.25) is 0 Å². The largest absolute Gasteiger partial charge is 0.452 e. The highest BCUT2D eigenvalue weighted by atomic mass is 16.5. The Kier molecular flexibility index (Phi) is 4.39. The molecule has 0 saturated carbocycles. The molecular weight excluding hydrogens is 316 g/mol. The number of fused-ring (bicyclic) bond motifs is 1. The van der Waals surface area contributed by atoms with Crippen LogP contribution in [-0.2, 0) is 4.79 Å². The summed E-state index contributed by atoms with van der Waals surface area (Å²) in [6, 6.07) is 13.1. The lowest BCUT2D eigenvalue weighted by Gasteiger charge is -2.11. The molecule has 5 heteroatoms. The van der Waals surface area contributed by atoms with Crippen LogP contribution < -0.4 is 15.6 Å². The Balaban J connectivity index is 2.11. The number of amides is 1. The second-order valence-corrected chi connectivity index (χ2v) is 5.66. The number of hydrogen-bond acceptors (Lipinski definition) is 3. The number of ether oxygens (including phenoxy) is 1. The van der Waals surface area contributed by atoms with Crippen molar-refractivity contribution in [2.45, 2.75) is 6.92 Å². The van der Waals surface area contributed by atoms with Gasteiger partial charge in [0.05, 0.1) is 5.39 Å². The molecule has 126 valence electrons. The molecule has 0 aliphatic rings. The Morgan fingerprint density at radius 1 is 1.12 bits per heavy atom. The first-order chi connectivity index (χ1) is 12.0. The summed E-state index contributed by atoms with van der Waals surface area (Å²) >= 11 is 0. The molecule has 3 aromatic rings.